The van der Waals surface area contributed by atoms with Gasteiger partial charge in [0.25, 0.3) is 5.91 Å². The third kappa shape index (κ3) is 5.38. The predicted octanol–water partition coefficient (Wildman–Crippen LogP) is 1.85. The molecular weight excluding hydrogens is 254 g/mol. The Morgan fingerprint density at radius 2 is 2.00 bits per heavy atom. The first kappa shape index (κ1) is 14.8. The van der Waals surface area contributed by atoms with Crippen LogP contribution in [0.3, 0.4) is 0 Å². The number of hydrogen-bond donors (Lipinski definition) is 2. The van der Waals surface area contributed by atoms with Gasteiger partial charge in [-0.15, -0.1) is 0 Å². The largest absolute Gasteiger partial charge is 0.484 e. The van der Waals surface area contributed by atoms with Gasteiger partial charge >= 0.3 is 0 Å². The summed E-state index contributed by atoms with van der Waals surface area (Å²) in [5.74, 6) is 0.436. The molecular formula is C13H18ClNO3. The highest BCUT2D eigenvalue weighted by Gasteiger charge is 2.10. The molecule has 0 aromatic heterocycles. The summed E-state index contributed by atoms with van der Waals surface area (Å²) in [5, 5.41) is 12.7. The maximum absolute atomic E-state index is 11.4. The van der Waals surface area contributed by atoms with Crippen LogP contribution in [0.5, 0.6) is 5.75 Å². The quantitative estimate of drug-likeness (QED) is 0.830. The Balaban J connectivity index is 2.27. The van der Waals surface area contributed by atoms with Crippen molar-refractivity contribution in [3.8, 4) is 5.75 Å². The number of hydrogen-bond acceptors (Lipinski definition) is 3. The molecule has 0 bridgehead atoms. The van der Waals surface area contributed by atoms with Crippen LogP contribution in [-0.2, 0) is 4.79 Å². The van der Waals surface area contributed by atoms with Crippen LogP contribution >= 0.6 is 11.6 Å². The predicted molar refractivity (Wildman–Crippen MR) is 70.8 cm³/mol. The van der Waals surface area contributed by atoms with Crippen molar-refractivity contribution in [2.45, 2.75) is 20.0 Å². The summed E-state index contributed by atoms with van der Waals surface area (Å²) in [6.45, 7) is 3.94. The SMILES string of the molecule is CC(C)C(O)CNC(=O)COc1ccc(Cl)cc1. The van der Waals surface area contributed by atoms with Crippen molar-refractivity contribution < 1.29 is 14.6 Å². The summed E-state index contributed by atoms with van der Waals surface area (Å²) in [6, 6.07) is 6.77. The maximum atomic E-state index is 11.4. The van der Waals surface area contributed by atoms with Gasteiger partial charge in [0, 0.05) is 11.6 Å². The number of nitrogens with one attached hydrogen (secondary N) is 1. The number of rotatable bonds is 6. The first-order valence-electron chi connectivity index (χ1n) is 5.82. The van der Waals surface area contributed by atoms with Gasteiger partial charge in [-0.1, -0.05) is 25.4 Å². The van der Waals surface area contributed by atoms with Crippen LogP contribution in [0, 0.1) is 5.92 Å². The molecule has 0 radical (unpaired) electrons. The van der Waals surface area contributed by atoms with Gasteiger partial charge < -0.3 is 15.2 Å². The Morgan fingerprint density at radius 3 is 2.56 bits per heavy atom. The number of ether oxygens (including phenoxy) is 1. The van der Waals surface area contributed by atoms with Crippen molar-refractivity contribution >= 4 is 17.5 Å². The Hall–Kier alpha value is -1.26. The summed E-state index contributed by atoms with van der Waals surface area (Å²) in [4.78, 5) is 11.4. The highest BCUT2D eigenvalue weighted by Crippen LogP contribution is 2.15. The Labute approximate surface area is 112 Å². The van der Waals surface area contributed by atoms with Crippen molar-refractivity contribution in [2.24, 2.45) is 5.92 Å². The molecule has 1 aromatic carbocycles. The van der Waals surface area contributed by atoms with Gasteiger partial charge in [0.2, 0.25) is 0 Å². The highest BCUT2D eigenvalue weighted by atomic mass is 35.5. The van der Waals surface area contributed by atoms with E-state index < -0.39 is 6.10 Å². The number of aliphatic hydroxyl groups excluding tert-OH is 1. The number of benzene rings is 1. The third-order valence-corrected chi connectivity index (χ3v) is 2.71. The summed E-state index contributed by atoms with van der Waals surface area (Å²) in [5.41, 5.74) is 0. The number of carbonyl (C=O) groups excluding carboxylic acids is 1. The second kappa shape index (κ2) is 7.24. The zero-order valence-electron chi connectivity index (χ0n) is 10.5. The zero-order chi connectivity index (χ0) is 13.5. The lowest BCUT2D eigenvalue weighted by Gasteiger charge is -2.15. The van der Waals surface area contributed by atoms with E-state index in [-0.39, 0.29) is 25.0 Å². The van der Waals surface area contributed by atoms with Crippen LogP contribution in [-0.4, -0.2) is 30.3 Å². The molecule has 100 valence electrons. The third-order valence-electron chi connectivity index (χ3n) is 2.46. The fourth-order valence-corrected chi connectivity index (χ4v) is 1.31. The lowest BCUT2D eigenvalue weighted by molar-refractivity contribution is -0.123. The minimum atomic E-state index is -0.538. The minimum absolute atomic E-state index is 0.0769. The first-order chi connectivity index (χ1) is 8.49. The highest BCUT2D eigenvalue weighted by molar-refractivity contribution is 6.30. The molecule has 1 atom stereocenters. The molecule has 4 nitrogen and oxygen atoms in total. The Bertz CT molecular complexity index is 378. The van der Waals surface area contributed by atoms with E-state index in [4.69, 9.17) is 16.3 Å². The van der Waals surface area contributed by atoms with Gasteiger partial charge in [0.1, 0.15) is 5.75 Å². The molecule has 0 saturated carbocycles. The summed E-state index contributed by atoms with van der Waals surface area (Å²) < 4.78 is 5.26. The molecule has 0 heterocycles. The van der Waals surface area contributed by atoms with E-state index in [9.17, 15) is 9.90 Å². The van der Waals surface area contributed by atoms with Gasteiger partial charge in [0.05, 0.1) is 6.10 Å². The number of amides is 1. The van der Waals surface area contributed by atoms with Gasteiger partial charge in [-0.3, -0.25) is 4.79 Å². The maximum Gasteiger partial charge on any atom is 0.258 e. The fraction of sp³-hybridized carbons (Fsp3) is 0.462. The Morgan fingerprint density at radius 1 is 1.39 bits per heavy atom. The number of halogens is 1. The van der Waals surface area contributed by atoms with Crippen LogP contribution in [0.15, 0.2) is 24.3 Å². The van der Waals surface area contributed by atoms with Gasteiger partial charge in [0.15, 0.2) is 6.61 Å². The van der Waals surface area contributed by atoms with Crippen molar-refractivity contribution in [3.63, 3.8) is 0 Å². The van der Waals surface area contributed by atoms with Gasteiger partial charge in [-0.25, -0.2) is 0 Å². The summed E-state index contributed by atoms with van der Waals surface area (Å²) in [6.07, 6.45) is -0.538. The van der Waals surface area contributed by atoms with Gasteiger partial charge in [-0.05, 0) is 30.2 Å². The minimum Gasteiger partial charge on any atom is -0.484 e. The molecule has 0 aliphatic rings. The summed E-state index contributed by atoms with van der Waals surface area (Å²) in [7, 11) is 0. The van der Waals surface area contributed by atoms with Crippen LogP contribution in [0.25, 0.3) is 0 Å². The van der Waals surface area contributed by atoms with Crippen LogP contribution in [0.4, 0.5) is 0 Å². The first-order valence-corrected chi connectivity index (χ1v) is 6.20. The standard InChI is InChI=1S/C13H18ClNO3/c1-9(2)12(16)7-15-13(17)8-18-11-5-3-10(14)4-6-11/h3-6,9,12,16H,7-8H2,1-2H3,(H,15,17). The van der Waals surface area contributed by atoms with E-state index in [2.05, 4.69) is 5.32 Å². The van der Waals surface area contributed by atoms with E-state index in [1.807, 2.05) is 13.8 Å². The van der Waals surface area contributed by atoms with Crippen LogP contribution < -0.4 is 10.1 Å². The monoisotopic (exact) mass is 271 g/mol. The van der Waals surface area contributed by atoms with Crippen molar-refractivity contribution in [3.05, 3.63) is 29.3 Å². The second-order valence-corrected chi connectivity index (χ2v) is 4.79. The molecule has 0 saturated heterocycles. The van der Waals surface area contributed by atoms with E-state index in [0.717, 1.165) is 0 Å². The molecule has 1 unspecified atom stereocenters. The molecule has 1 aromatic rings. The zero-order valence-corrected chi connectivity index (χ0v) is 11.3. The lowest BCUT2D eigenvalue weighted by Crippen LogP contribution is -2.37. The van der Waals surface area contributed by atoms with Crippen LogP contribution in [0.2, 0.25) is 5.02 Å². The summed E-state index contributed by atoms with van der Waals surface area (Å²) >= 11 is 5.73. The van der Waals surface area contributed by atoms with E-state index in [1.165, 1.54) is 0 Å². The lowest BCUT2D eigenvalue weighted by atomic mass is 10.1. The molecule has 18 heavy (non-hydrogen) atoms. The van der Waals surface area contributed by atoms with E-state index >= 15 is 0 Å². The van der Waals surface area contributed by atoms with E-state index in [0.29, 0.717) is 10.8 Å². The van der Waals surface area contributed by atoms with E-state index in [1.54, 1.807) is 24.3 Å². The van der Waals surface area contributed by atoms with Crippen LogP contribution in [0.1, 0.15) is 13.8 Å². The van der Waals surface area contributed by atoms with Crippen molar-refractivity contribution in [1.82, 2.24) is 5.32 Å². The van der Waals surface area contributed by atoms with Gasteiger partial charge in [-0.2, -0.15) is 0 Å². The number of carbonyl (C=O) groups is 1. The molecule has 0 spiro atoms. The van der Waals surface area contributed by atoms with Crippen molar-refractivity contribution in [1.29, 1.82) is 0 Å². The Kier molecular flexibility index (Phi) is 5.95. The smallest absolute Gasteiger partial charge is 0.258 e. The molecule has 1 amide bonds. The number of aliphatic hydroxyl groups is 1. The van der Waals surface area contributed by atoms with Crippen molar-refractivity contribution in [2.75, 3.05) is 13.2 Å². The fourth-order valence-electron chi connectivity index (χ4n) is 1.18. The average Bonchev–Trinajstić information content (AvgIpc) is 2.35. The molecule has 0 aliphatic carbocycles. The molecule has 5 heteroatoms. The molecule has 0 aliphatic heterocycles. The average molecular weight is 272 g/mol. The molecule has 0 fully saturated rings. The molecule has 2 N–H and O–H groups in total. The second-order valence-electron chi connectivity index (χ2n) is 4.36. The normalized spacial score (nSPS) is 12.3. The molecule has 1 rings (SSSR count). The topological polar surface area (TPSA) is 58.6 Å².